The second-order valence-electron chi connectivity index (χ2n) is 6.55. The van der Waals surface area contributed by atoms with Crippen LogP contribution in [0.25, 0.3) is 21.3 Å². The number of thioether (sulfide) groups is 1. The number of carbonyl (C=O) groups excluding carboxylic acids is 1. The number of carbonyl (C=O) groups is 1. The predicted molar refractivity (Wildman–Crippen MR) is 122 cm³/mol. The largest absolute Gasteiger partial charge is 0.462 e. The number of hydrogen-bond donors (Lipinski definition) is 1. The molecule has 0 unspecified atom stereocenters. The van der Waals surface area contributed by atoms with Gasteiger partial charge in [0.2, 0.25) is 0 Å². The van der Waals surface area contributed by atoms with Crippen molar-refractivity contribution in [3.8, 4) is 0 Å². The van der Waals surface area contributed by atoms with Crippen LogP contribution in [-0.2, 0) is 17.0 Å². The van der Waals surface area contributed by atoms with Crippen molar-refractivity contribution in [1.82, 2.24) is 19.5 Å². The summed E-state index contributed by atoms with van der Waals surface area (Å²) in [5.41, 5.74) is 8.97. The molecule has 0 fully saturated rings. The van der Waals surface area contributed by atoms with Gasteiger partial charge in [0.1, 0.15) is 21.3 Å². The fraction of sp³-hybridized carbons (Fsp3) is 0.238. The van der Waals surface area contributed by atoms with E-state index < -0.39 is 0 Å². The van der Waals surface area contributed by atoms with Crippen molar-refractivity contribution in [3.63, 3.8) is 0 Å². The normalized spacial score (nSPS) is 11.3. The first kappa shape index (κ1) is 20.4. The first-order chi connectivity index (χ1) is 14.5. The molecule has 7 nitrogen and oxygen atoms in total. The minimum absolute atomic E-state index is 0.321. The Balaban J connectivity index is 1.65. The number of esters is 1. The lowest BCUT2D eigenvalue weighted by Crippen LogP contribution is -2.04. The second-order valence-corrected chi connectivity index (χ2v) is 8.49. The molecule has 0 saturated heterocycles. The Morgan fingerprint density at radius 2 is 2.13 bits per heavy atom. The smallest absolute Gasteiger partial charge is 0.348 e. The number of fused-ring (bicyclic) bond motifs is 2. The molecule has 2 N–H and O–H groups in total. The molecule has 0 spiro atoms. The molecule has 0 aliphatic heterocycles. The summed E-state index contributed by atoms with van der Waals surface area (Å²) in [7, 11) is 0. The maximum atomic E-state index is 12.2. The maximum absolute atomic E-state index is 12.2. The number of hydrogen-bond acceptors (Lipinski definition) is 8. The number of imidazole rings is 1. The number of aromatic nitrogens is 4. The number of anilines is 1. The van der Waals surface area contributed by atoms with E-state index in [1.807, 2.05) is 37.3 Å². The van der Waals surface area contributed by atoms with Crippen molar-refractivity contribution in [1.29, 1.82) is 0 Å². The number of nitrogen functional groups attached to an aromatic ring is 1. The van der Waals surface area contributed by atoms with E-state index in [4.69, 9.17) is 15.5 Å². The molecular formula is C21H21N5O2S2. The summed E-state index contributed by atoms with van der Waals surface area (Å²) in [5.74, 6) is 1.12. The van der Waals surface area contributed by atoms with Crippen molar-refractivity contribution in [2.24, 2.45) is 0 Å². The van der Waals surface area contributed by atoms with Gasteiger partial charge in [-0.2, -0.15) is 0 Å². The van der Waals surface area contributed by atoms with Gasteiger partial charge in [0.25, 0.3) is 0 Å². The van der Waals surface area contributed by atoms with E-state index in [9.17, 15) is 4.79 Å². The van der Waals surface area contributed by atoms with Crippen LogP contribution in [0.2, 0.25) is 0 Å². The summed E-state index contributed by atoms with van der Waals surface area (Å²) in [6, 6.07) is 8.00. The highest BCUT2D eigenvalue weighted by atomic mass is 32.2. The monoisotopic (exact) mass is 439 g/mol. The highest BCUT2D eigenvalue weighted by molar-refractivity contribution is 7.98. The number of benzene rings is 1. The lowest BCUT2D eigenvalue weighted by molar-refractivity contribution is 0.0531. The zero-order valence-corrected chi connectivity index (χ0v) is 18.3. The van der Waals surface area contributed by atoms with E-state index in [1.54, 1.807) is 18.7 Å². The number of ether oxygens (including phenoxy) is 1. The highest BCUT2D eigenvalue weighted by Crippen LogP contribution is 2.34. The molecule has 1 aromatic carbocycles. The van der Waals surface area contributed by atoms with Crippen LogP contribution in [0, 0.1) is 6.92 Å². The molecule has 0 amide bonds. The number of allylic oxidation sites excluding steroid dienone is 1. The zero-order chi connectivity index (χ0) is 21.3. The van der Waals surface area contributed by atoms with Gasteiger partial charge >= 0.3 is 5.97 Å². The molecule has 0 aliphatic carbocycles. The summed E-state index contributed by atoms with van der Waals surface area (Å²) in [5, 5.41) is 1.59. The first-order valence-electron chi connectivity index (χ1n) is 9.45. The van der Waals surface area contributed by atoms with Crippen molar-refractivity contribution >= 4 is 56.1 Å². The number of thiophene rings is 1. The molecule has 3 aromatic heterocycles. The molecule has 4 rings (SSSR count). The maximum Gasteiger partial charge on any atom is 0.348 e. The molecular weight excluding hydrogens is 418 g/mol. The van der Waals surface area contributed by atoms with Crippen molar-refractivity contribution in [2.45, 2.75) is 31.3 Å². The molecule has 0 atom stereocenters. The standard InChI is InChI=1S/C21H21N5O2S2/c1-4-10-26-14-9-7-6-8-13(14)23-21(26)29-11-15-24-18(22)16-12(3)17(20(27)28-5-2)30-19(16)25-15/h4,6-9H,1,5,10-11H2,2-3H3,(H2,22,24,25). The third-order valence-corrected chi connectivity index (χ3v) is 6.72. The van der Waals surface area contributed by atoms with E-state index >= 15 is 0 Å². The van der Waals surface area contributed by atoms with Gasteiger partial charge < -0.3 is 15.0 Å². The number of nitrogens with two attached hydrogens (primary N) is 1. The predicted octanol–water partition coefficient (Wildman–Crippen LogP) is 4.59. The van der Waals surface area contributed by atoms with Gasteiger partial charge in [0.05, 0.1) is 28.8 Å². The van der Waals surface area contributed by atoms with Crippen LogP contribution < -0.4 is 5.73 Å². The Bertz CT molecular complexity index is 1260. The molecule has 0 saturated carbocycles. The van der Waals surface area contributed by atoms with Crippen LogP contribution in [-0.4, -0.2) is 32.1 Å². The van der Waals surface area contributed by atoms with Gasteiger partial charge in [-0.3, -0.25) is 0 Å². The molecule has 9 heteroatoms. The Kier molecular flexibility index (Phi) is 5.74. The molecule has 30 heavy (non-hydrogen) atoms. The van der Waals surface area contributed by atoms with Crippen molar-refractivity contribution in [2.75, 3.05) is 12.3 Å². The van der Waals surface area contributed by atoms with Gasteiger partial charge in [0.15, 0.2) is 5.16 Å². The third-order valence-electron chi connectivity index (χ3n) is 4.59. The lowest BCUT2D eigenvalue weighted by atomic mass is 10.2. The van der Waals surface area contributed by atoms with E-state index in [1.165, 1.54) is 11.3 Å². The SMILES string of the molecule is C=CCn1c(SCc2nc(N)c3c(C)c(C(=O)OCC)sc3n2)nc2ccccc21. The van der Waals surface area contributed by atoms with E-state index in [2.05, 4.69) is 21.1 Å². The Labute approximate surface area is 182 Å². The molecule has 0 radical (unpaired) electrons. The topological polar surface area (TPSA) is 95.9 Å². The van der Waals surface area contributed by atoms with Crippen LogP contribution in [0.15, 0.2) is 42.1 Å². The Morgan fingerprint density at radius 1 is 1.33 bits per heavy atom. The average Bonchev–Trinajstić information content (AvgIpc) is 3.25. The molecule has 0 bridgehead atoms. The summed E-state index contributed by atoms with van der Waals surface area (Å²) < 4.78 is 7.25. The Hall–Kier alpha value is -2.91. The van der Waals surface area contributed by atoms with E-state index in [0.29, 0.717) is 40.3 Å². The fourth-order valence-electron chi connectivity index (χ4n) is 3.27. The number of rotatable bonds is 7. The summed E-state index contributed by atoms with van der Waals surface area (Å²) >= 11 is 2.83. The minimum Gasteiger partial charge on any atom is -0.462 e. The summed E-state index contributed by atoms with van der Waals surface area (Å²) in [6.45, 7) is 8.46. The van der Waals surface area contributed by atoms with Crippen LogP contribution in [0.5, 0.6) is 0 Å². The Morgan fingerprint density at radius 3 is 2.90 bits per heavy atom. The van der Waals surface area contributed by atoms with Crippen LogP contribution in [0.4, 0.5) is 5.82 Å². The van der Waals surface area contributed by atoms with Crippen LogP contribution >= 0.6 is 23.1 Å². The average molecular weight is 440 g/mol. The summed E-state index contributed by atoms with van der Waals surface area (Å²) in [6.07, 6.45) is 1.85. The van der Waals surface area contributed by atoms with Gasteiger partial charge in [-0.1, -0.05) is 30.0 Å². The molecule has 4 aromatic rings. The van der Waals surface area contributed by atoms with Crippen molar-refractivity contribution < 1.29 is 9.53 Å². The highest BCUT2D eigenvalue weighted by Gasteiger charge is 2.21. The first-order valence-corrected chi connectivity index (χ1v) is 11.2. The van der Waals surface area contributed by atoms with Gasteiger partial charge in [-0.25, -0.2) is 19.7 Å². The number of nitrogens with zero attached hydrogens (tertiary/aromatic N) is 4. The van der Waals surface area contributed by atoms with Crippen molar-refractivity contribution in [3.05, 3.63) is 53.2 Å². The zero-order valence-electron chi connectivity index (χ0n) is 16.7. The third kappa shape index (κ3) is 3.66. The molecule has 3 heterocycles. The fourth-order valence-corrected chi connectivity index (χ4v) is 5.25. The second kappa shape index (κ2) is 8.45. The number of aryl methyl sites for hydroxylation is 1. The van der Waals surface area contributed by atoms with Gasteiger partial charge in [-0.05, 0) is 31.5 Å². The lowest BCUT2D eigenvalue weighted by Gasteiger charge is -2.06. The molecule has 154 valence electrons. The van der Waals surface area contributed by atoms with E-state index in [-0.39, 0.29) is 5.97 Å². The van der Waals surface area contributed by atoms with Gasteiger partial charge in [0, 0.05) is 6.54 Å². The molecule has 0 aliphatic rings. The van der Waals surface area contributed by atoms with Crippen LogP contribution in [0.1, 0.15) is 28.0 Å². The van der Waals surface area contributed by atoms with Crippen LogP contribution in [0.3, 0.4) is 0 Å². The van der Waals surface area contributed by atoms with E-state index in [0.717, 1.165) is 27.1 Å². The minimum atomic E-state index is -0.355. The van der Waals surface area contributed by atoms with Gasteiger partial charge in [-0.15, -0.1) is 17.9 Å². The quantitative estimate of drug-likeness (QED) is 0.256. The number of para-hydroxylation sites is 2. The summed E-state index contributed by atoms with van der Waals surface area (Å²) in [4.78, 5) is 27.3.